The quantitative estimate of drug-likeness (QED) is 0.325. The van der Waals surface area contributed by atoms with Crippen molar-refractivity contribution >= 4 is 21.7 Å². The number of alkyl halides is 3. The van der Waals surface area contributed by atoms with Crippen LogP contribution in [0.1, 0.15) is 22.5 Å². The fraction of sp³-hybridized carbons (Fsp3) is 0.320. The zero-order valence-electron chi connectivity index (χ0n) is 20.5. The summed E-state index contributed by atoms with van der Waals surface area (Å²) in [4.78, 5) is 19.9. The minimum atomic E-state index is -4.51. The van der Waals surface area contributed by atoms with Crippen molar-refractivity contribution < 1.29 is 36.6 Å². The molecule has 1 aromatic carbocycles. The SMILES string of the molecule is O=C(NCCO)c1cc(-c2ccc(S(=O)(=O)N3CC[C@@H](Nc4ccc(C(F)(F)F)cn4)[C@@H](O)C3)cc2)ccn1. The fourth-order valence-electron chi connectivity index (χ4n) is 4.09. The van der Waals surface area contributed by atoms with Crippen LogP contribution in [0.25, 0.3) is 11.1 Å². The first-order chi connectivity index (χ1) is 18.5. The predicted molar refractivity (Wildman–Crippen MR) is 135 cm³/mol. The molecule has 10 nitrogen and oxygen atoms in total. The molecule has 2 atom stereocenters. The number of hydrogen-bond donors (Lipinski definition) is 4. The molecule has 4 rings (SSSR count). The van der Waals surface area contributed by atoms with Gasteiger partial charge >= 0.3 is 6.18 Å². The molecule has 1 aliphatic rings. The van der Waals surface area contributed by atoms with Gasteiger partial charge in [0.1, 0.15) is 11.5 Å². The van der Waals surface area contributed by atoms with E-state index >= 15 is 0 Å². The van der Waals surface area contributed by atoms with Gasteiger partial charge in [-0.15, -0.1) is 0 Å². The highest BCUT2D eigenvalue weighted by Crippen LogP contribution is 2.30. The van der Waals surface area contributed by atoms with Crippen molar-refractivity contribution in [2.45, 2.75) is 29.6 Å². The molecule has 2 aromatic heterocycles. The second kappa shape index (κ2) is 11.7. The van der Waals surface area contributed by atoms with E-state index < -0.39 is 39.8 Å². The van der Waals surface area contributed by atoms with Crippen LogP contribution in [0.15, 0.2) is 65.8 Å². The first kappa shape index (κ1) is 28.4. The molecule has 1 amide bonds. The van der Waals surface area contributed by atoms with E-state index in [1.807, 2.05) is 0 Å². The van der Waals surface area contributed by atoms with Crippen molar-refractivity contribution in [2.24, 2.45) is 0 Å². The number of hydrogen-bond acceptors (Lipinski definition) is 8. The number of nitrogens with zero attached hydrogens (tertiary/aromatic N) is 3. The van der Waals surface area contributed by atoms with Crippen LogP contribution in [0, 0.1) is 0 Å². The summed E-state index contributed by atoms with van der Waals surface area (Å²) < 4.78 is 65.8. The van der Waals surface area contributed by atoms with E-state index in [2.05, 4.69) is 20.6 Å². The minimum absolute atomic E-state index is 0.0178. The van der Waals surface area contributed by atoms with E-state index in [9.17, 15) is 31.5 Å². The Kier molecular flexibility index (Phi) is 8.49. The van der Waals surface area contributed by atoms with Gasteiger partial charge in [-0.2, -0.15) is 17.5 Å². The summed E-state index contributed by atoms with van der Waals surface area (Å²) in [5, 5.41) is 24.8. The normalized spacial score (nSPS) is 18.5. The van der Waals surface area contributed by atoms with Crippen molar-refractivity contribution in [3.05, 3.63) is 72.2 Å². The molecule has 4 N–H and O–H groups in total. The summed E-state index contributed by atoms with van der Waals surface area (Å²) in [5.74, 6) is -0.306. The number of halogens is 3. The van der Waals surface area contributed by atoms with Crippen molar-refractivity contribution in [2.75, 3.05) is 31.6 Å². The summed E-state index contributed by atoms with van der Waals surface area (Å²) in [7, 11) is -3.94. The molecule has 0 aliphatic carbocycles. The van der Waals surface area contributed by atoms with Gasteiger partial charge < -0.3 is 20.8 Å². The third-order valence-corrected chi connectivity index (χ3v) is 8.06. The Morgan fingerprint density at radius 3 is 2.44 bits per heavy atom. The van der Waals surface area contributed by atoms with Gasteiger partial charge in [0.25, 0.3) is 5.91 Å². The summed E-state index contributed by atoms with van der Waals surface area (Å²) in [6.45, 7) is -0.247. The number of pyridine rings is 2. The van der Waals surface area contributed by atoms with E-state index in [4.69, 9.17) is 5.11 Å². The van der Waals surface area contributed by atoms with Crippen LogP contribution in [-0.2, 0) is 16.2 Å². The zero-order valence-corrected chi connectivity index (χ0v) is 21.3. The van der Waals surface area contributed by atoms with Gasteiger partial charge in [0.15, 0.2) is 0 Å². The molecule has 0 bridgehead atoms. The van der Waals surface area contributed by atoms with Gasteiger partial charge in [-0.25, -0.2) is 13.4 Å². The summed E-state index contributed by atoms with van der Waals surface area (Å²) in [5.41, 5.74) is 0.546. The lowest BCUT2D eigenvalue weighted by atomic mass is 10.0. The highest BCUT2D eigenvalue weighted by Gasteiger charge is 2.35. The second-order valence-corrected chi connectivity index (χ2v) is 10.8. The summed E-state index contributed by atoms with van der Waals surface area (Å²) in [6, 6.07) is 10.7. The number of rotatable bonds is 8. The minimum Gasteiger partial charge on any atom is -0.395 e. The standard InChI is InChI=1S/C25H26F3N5O5S/c26-25(27,28)18-3-6-23(31-14-18)32-20-8-11-33(15-22(20)35)39(37,38)19-4-1-16(2-5-19)17-7-9-29-21(13-17)24(36)30-10-12-34/h1-7,9,13-14,20,22,34-35H,8,10-12,15H2,(H,30,36)(H,31,32)/t20-,22+/m1/s1. The number of carbonyl (C=O) groups excluding carboxylic acids is 1. The lowest BCUT2D eigenvalue weighted by molar-refractivity contribution is -0.137. The molecule has 1 aliphatic heterocycles. The Balaban J connectivity index is 1.41. The maximum atomic E-state index is 13.2. The average Bonchev–Trinajstić information content (AvgIpc) is 2.92. The fourth-order valence-corrected chi connectivity index (χ4v) is 5.56. The number of carbonyl (C=O) groups is 1. The Morgan fingerprint density at radius 2 is 1.82 bits per heavy atom. The monoisotopic (exact) mass is 565 g/mol. The number of piperidine rings is 1. The largest absolute Gasteiger partial charge is 0.417 e. The van der Waals surface area contributed by atoms with Crippen LogP contribution < -0.4 is 10.6 Å². The van der Waals surface area contributed by atoms with E-state index in [1.165, 1.54) is 18.3 Å². The van der Waals surface area contributed by atoms with Gasteiger partial charge in [-0.05, 0) is 53.9 Å². The highest BCUT2D eigenvalue weighted by atomic mass is 32.2. The number of aromatic nitrogens is 2. The Bertz CT molecular complexity index is 1400. The van der Waals surface area contributed by atoms with Gasteiger partial charge in [0.05, 0.1) is 29.2 Å². The van der Waals surface area contributed by atoms with Crippen molar-refractivity contribution in [3.63, 3.8) is 0 Å². The summed E-state index contributed by atoms with van der Waals surface area (Å²) >= 11 is 0. The van der Waals surface area contributed by atoms with Gasteiger partial charge in [0.2, 0.25) is 10.0 Å². The molecule has 0 saturated carbocycles. The first-order valence-corrected chi connectivity index (χ1v) is 13.4. The third-order valence-electron chi connectivity index (χ3n) is 6.18. The number of aliphatic hydroxyl groups excluding tert-OH is 2. The number of sulfonamides is 1. The smallest absolute Gasteiger partial charge is 0.395 e. The number of nitrogens with one attached hydrogen (secondary N) is 2. The lowest BCUT2D eigenvalue weighted by Gasteiger charge is -2.35. The Morgan fingerprint density at radius 1 is 1.08 bits per heavy atom. The summed E-state index contributed by atoms with van der Waals surface area (Å²) in [6.07, 6.45) is -3.28. The first-order valence-electron chi connectivity index (χ1n) is 11.9. The molecule has 39 heavy (non-hydrogen) atoms. The van der Waals surface area contributed by atoms with Crippen LogP contribution in [-0.4, -0.2) is 77.2 Å². The van der Waals surface area contributed by atoms with Crippen LogP contribution in [0.3, 0.4) is 0 Å². The van der Waals surface area contributed by atoms with E-state index in [1.54, 1.807) is 24.3 Å². The number of benzene rings is 1. The Labute approximate surface area is 222 Å². The topological polar surface area (TPSA) is 145 Å². The van der Waals surface area contributed by atoms with Gasteiger partial charge in [-0.1, -0.05) is 12.1 Å². The van der Waals surface area contributed by atoms with Gasteiger partial charge in [-0.3, -0.25) is 9.78 Å². The lowest BCUT2D eigenvalue weighted by Crippen LogP contribution is -2.51. The van der Waals surface area contributed by atoms with Crippen LogP contribution in [0.5, 0.6) is 0 Å². The Hall–Kier alpha value is -3.59. The van der Waals surface area contributed by atoms with Gasteiger partial charge in [0, 0.05) is 32.0 Å². The molecular formula is C25H26F3N5O5S. The maximum Gasteiger partial charge on any atom is 0.417 e. The van der Waals surface area contributed by atoms with E-state index in [0.29, 0.717) is 17.3 Å². The number of amides is 1. The molecule has 0 unspecified atom stereocenters. The molecule has 1 fully saturated rings. The van der Waals surface area contributed by atoms with Crippen molar-refractivity contribution in [1.82, 2.24) is 19.6 Å². The maximum absolute atomic E-state index is 13.2. The zero-order chi connectivity index (χ0) is 28.2. The van der Waals surface area contributed by atoms with Crippen molar-refractivity contribution in [3.8, 4) is 11.1 Å². The van der Waals surface area contributed by atoms with E-state index in [0.717, 1.165) is 16.4 Å². The number of anilines is 1. The molecule has 1 saturated heterocycles. The number of aliphatic hydroxyl groups is 2. The predicted octanol–water partition coefficient (Wildman–Crippen LogP) is 2.12. The van der Waals surface area contributed by atoms with Crippen LogP contribution in [0.2, 0.25) is 0 Å². The molecule has 0 radical (unpaired) electrons. The second-order valence-electron chi connectivity index (χ2n) is 8.83. The molecule has 3 heterocycles. The van der Waals surface area contributed by atoms with Crippen molar-refractivity contribution in [1.29, 1.82) is 0 Å². The third kappa shape index (κ3) is 6.71. The molecule has 0 spiro atoms. The average molecular weight is 566 g/mol. The highest BCUT2D eigenvalue weighted by molar-refractivity contribution is 7.89. The van der Waals surface area contributed by atoms with Crippen LogP contribution >= 0.6 is 0 Å². The van der Waals surface area contributed by atoms with E-state index in [-0.39, 0.29) is 49.1 Å². The molecule has 208 valence electrons. The molecular weight excluding hydrogens is 539 g/mol. The number of β-amino-alcohol motifs (C(OH)–C–C–N with tert-alkyl or cyclic N) is 1. The van der Waals surface area contributed by atoms with Crippen LogP contribution in [0.4, 0.5) is 19.0 Å². The molecule has 14 heteroatoms. The molecule has 3 aromatic rings.